The van der Waals surface area contributed by atoms with Gasteiger partial charge < -0.3 is 0 Å². The molecule has 1 rings (SSSR count). The average molecular weight is 213 g/mol. The van der Waals surface area contributed by atoms with Crippen LogP contribution in [-0.2, 0) is 4.79 Å². The Hall–Kier alpha value is -0.630. The number of hydrogen-bond acceptors (Lipinski definition) is 1. The van der Waals surface area contributed by atoms with Crippen molar-refractivity contribution in [3.63, 3.8) is 0 Å². The molecular formula is C9H9BrO. The van der Waals surface area contributed by atoms with E-state index in [0.29, 0.717) is 0 Å². The smallest absolute Gasteiger partial charge is 0.147 e. The number of hydrogen-bond donors (Lipinski definition) is 0. The molecule has 2 heteroatoms. The quantitative estimate of drug-likeness (QED) is 0.690. The maximum atomic E-state index is 10.9. The van der Waals surface area contributed by atoms with Crippen molar-refractivity contribution in [1.82, 2.24) is 0 Å². The monoisotopic (exact) mass is 212 g/mol. The first-order valence-corrected chi connectivity index (χ1v) is 4.33. The molecule has 0 bridgehead atoms. The zero-order chi connectivity index (χ0) is 8.27. The predicted octanol–water partition coefficient (Wildman–Crippen LogP) is 2.71. The third-order valence-corrected chi connectivity index (χ3v) is 2.62. The van der Waals surface area contributed by atoms with Crippen LogP contribution in [0.3, 0.4) is 0 Å². The third kappa shape index (κ3) is 2.15. The molecule has 0 spiro atoms. The Morgan fingerprint density at radius 3 is 2.36 bits per heavy atom. The van der Waals surface area contributed by atoms with Crippen molar-refractivity contribution in [2.75, 3.05) is 0 Å². The molecule has 1 aromatic carbocycles. The molecule has 1 aromatic rings. The predicted molar refractivity (Wildman–Crippen MR) is 48.8 cm³/mol. The lowest BCUT2D eigenvalue weighted by molar-refractivity contribution is -0.116. The second-order valence-electron chi connectivity index (χ2n) is 2.38. The highest BCUT2D eigenvalue weighted by atomic mass is 79.9. The summed E-state index contributed by atoms with van der Waals surface area (Å²) in [6, 6.07) is 9.64. The number of benzene rings is 1. The van der Waals surface area contributed by atoms with Crippen LogP contribution in [0.15, 0.2) is 30.3 Å². The van der Waals surface area contributed by atoms with Crippen molar-refractivity contribution >= 4 is 21.7 Å². The summed E-state index contributed by atoms with van der Waals surface area (Å²) >= 11 is 3.30. The summed E-state index contributed by atoms with van der Waals surface area (Å²) in [5, 5.41) is 0. The lowest BCUT2D eigenvalue weighted by atomic mass is 10.1. The molecule has 0 aliphatic rings. The van der Waals surface area contributed by atoms with Gasteiger partial charge in [-0.15, -0.1) is 0 Å². The number of halogens is 1. The van der Waals surface area contributed by atoms with Crippen molar-refractivity contribution in [2.24, 2.45) is 0 Å². The van der Waals surface area contributed by atoms with Crippen molar-refractivity contribution in [3.05, 3.63) is 35.9 Å². The maximum absolute atomic E-state index is 10.9. The van der Waals surface area contributed by atoms with Crippen LogP contribution in [0.5, 0.6) is 0 Å². The number of ketones is 1. The largest absolute Gasteiger partial charge is 0.298 e. The highest BCUT2D eigenvalue weighted by Gasteiger charge is 2.10. The van der Waals surface area contributed by atoms with Crippen LogP contribution in [0.1, 0.15) is 17.3 Å². The molecule has 0 saturated carbocycles. The van der Waals surface area contributed by atoms with E-state index in [-0.39, 0.29) is 10.6 Å². The molecule has 0 radical (unpaired) electrons. The number of rotatable bonds is 2. The van der Waals surface area contributed by atoms with Gasteiger partial charge in [0.1, 0.15) is 5.78 Å². The summed E-state index contributed by atoms with van der Waals surface area (Å²) in [6.45, 7) is 1.58. The van der Waals surface area contributed by atoms with E-state index in [0.717, 1.165) is 5.56 Å². The summed E-state index contributed by atoms with van der Waals surface area (Å²) in [7, 11) is 0. The Labute approximate surface area is 74.6 Å². The fourth-order valence-corrected chi connectivity index (χ4v) is 1.16. The maximum Gasteiger partial charge on any atom is 0.147 e. The minimum Gasteiger partial charge on any atom is -0.298 e. The highest BCUT2D eigenvalue weighted by Crippen LogP contribution is 2.22. The Bertz CT molecular complexity index is 243. The first-order valence-electron chi connectivity index (χ1n) is 3.41. The van der Waals surface area contributed by atoms with Gasteiger partial charge in [-0.2, -0.15) is 0 Å². The van der Waals surface area contributed by atoms with Gasteiger partial charge in [0.05, 0.1) is 4.83 Å². The lowest BCUT2D eigenvalue weighted by Crippen LogP contribution is -1.99. The standard InChI is InChI=1S/C9H9BrO/c1-7(11)9(10)8-5-3-2-4-6-8/h2-6,9H,1H3/t9-/m1/s1. The summed E-state index contributed by atoms with van der Waals surface area (Å²) in [5.41, 5.74) is 1.01. The van der Waals surface area contributed by atoms with Crippen molar-refractivity contribution in [1.29, 1.82) is 0 Å². The molecule has 0 amide bonds. The van der Waals surface area contributed by atoms with Crippen molar-refractivity contribution in [2.45, 2.75) is 11.8 Å². The topological polar surface area (TPSA) is 17.1 Å². The summed E-state index contributed by atoms with van der Waals surface area (Å²) in [5.74, 6) is 0.135. The number of carbonyl (C=O) groups is 1. The minimum atomic E-state index is -0.149. The van der Waals surface area contributed by atoms with Crippen LogP contribution >= 0.6 is 15.9 Å². The molecule has 0 aliphatic heterocycles. The highest BCUT2D eigenvalue weighted by molar-refractivity contribution is 9.09. The fraction of sp³-hybridized carbons (Fsp3) is 0.222. The zero-order valence-corrected chi connectivity index (χ0v) is 7.84. The van der Waals surface area contributed by atoms with Crippen LogP contribution in [0.25, 0.3) is 0 Å². The van der Waals surface area contributed by atoms with Crippen LogP contribution in [-0.4, -0.2) is 5.78 Å². The van der Waals surface area contributed by atoms with E-state index in [1.807, 2.05) is 30.3 Å². The Balaban J connectivity index is 2.85. The first kappa shape index (κ1) is 8.47. The Kier molecular flexibility index (Phi) is 2.83. The summed E-state index contributed by atoms with van der Waals surface area (Å²) in [6.07, 6.45) is 0. The second kappa shape index (κ2) is 3.67. The van der Waals surface area contributed by atoms with E-state index in [1.54, 1.807) is 6.92 Å². The van der Waals surface area contributed by atoms with Crippen LogP contribution in [0.4, 0.5) is 0 Å². The number of carbonyl (C=O) groups excluding carboxylic acids is 1. The third-order valence-electron chi connectivity index (χ3n) is 1.45. The molecule has 1 atom stereocenters. The SMILES string of the molecule is CC(=O)[C@@H](Br)c1ccccc1. The molecule has 0 unspecified atom stereocenters. The van der Waals surface area contributed by atoms with Crippen molar-refractivity contribution < 1.29 is 4.79 Å². The summed E-state index contributed by atoms with van der Waals surface area (Å²) in [4.78, 5) is 10.7. The minimum absolute atomic E-state index is 0.135. The van der Waals surface area contributed by atoms with Gasteiger partial charge in [0.25, 0.3) is 0 Å². The molecule has 0 fully saturated rings. The van der Waals surface area contributed by atoms with Gasteiger partial charge >= 0.3 is 0 Å². The molecule has 0 N–H and O–H groups in total. The van der Waals surface area contributed by atoms with Crippen molar-refractivity contribution in [3.8, 4) is 0 Å². The number of alkyl halides is 1. The fourth-order valence-electron chi connectivity index (χ4n) is 0.857. The Morgan fingerprint density at radius 2 is 1.91 bits per heavy atom. The molecule has 0 heterocycles. The van der Waals surface area contributed by atoms with E-state index in [1.165, 1.54) is 0 Å². The van der Waals surface area contributed by atoms with Gasteiger partial charge in [0, 0.05) is 0 Å². The van der Waals surface area contributed by atoms with Crippen LogP contribution < -0.4 is 0 Å². The number of Topliss-reactive ketones (excluding diaryl/α,β-unsaturated/α-hetero) is 1. The van der Waals surface area contributed by atoms with Crippen LogP contribution in [0, 0.1) is 0 Å². The first-order chi connectivity index (χ1) is 5.22. The molecule has 0 aliphatic carbocycles. The van der Waals surface area contributed by atoms with Gasteiger partial charge in [-0.3, -0.25) is 4.79 Å². The normalized spacial score (nSPS) is 12.5. The van der Waals surface area contributed by atoms with E-state index in [4.69, 9.17) is 0 Å². The van der Waals surface area contributed by atoms with Gasteiger partial charge in [0.2, 0.25) is 0 Å². The Morgan fingerprint density at radius 1 is 1.36 bits per heavy atom. The van der Waals surface area contributed by atoms with Gasteiger partial charge in [-0.25, -0.2) is 0 Å². The van der Waals surface area contributed by atoms with E-state index in [9.17, 15) is 4.79 Å². The zero-order valence-electron chi connectivity index (χ0n) is 6.25. The van der Waals surface area contributed by atoms with E-state index in [2.05, 4.69) is 15.9 Å². The summed E-state index contributed by atoms with van der Waals surface area (Å²) < 4.78 is 0. The van der Waals surface area contributed by atoms with E-state index < -0.39 is 0 Å². The second-order valence-corrected chi connectivity index (χ2v) is 3.30. The van der Waals surface area contributed by atoms with Gasteiger partial charge in [-0.05, 0) is 12.5 Å². The lowest BCUT2D eigenvalue weighted by Gasteiger charge is -2.03. The molecule has 0 saturated heterocycles. The molecular weight excluding hydrogens is 204 g/mol. The van der Waals surface area contributed by atoms with E-state index >= 15 is 0 Å². The van der Waals surface area contributed by atoms with Crippen LogP contribution in [0.2, 0.25) is 0 Å². The van der Waals surface area contributed by atoms with Gasteiger partial charge in [0.15, 0.2) is 0 Å². The molecule has 58 valence electrons. The van der Waals surface area contributed by atoms with Gasteiger partial charge in [-0.1, -0.05) is 46.3 Å². The molecule has 1 nitrogen and oxygen atoms in total. The average Bonchev–Trinajstić information content (AvgIpc) is 2.05. The molecule has 11 heavy (non-hydrogen) atoms. The molecule has 0 aromatic heterocycles.